The van der Waals surface area contributed by atoms with Gasteiger partial charge in [0.15, 0.2) is 0 Å². The van der Waals surface area contributed by atoms with Crippen molar-refractivity contribution in [3.63, 3.8) is 0 Å². The average molecular weight is 371 g/mol. The minimum Gasteiger partial charge on any atom is -0.343 e. The van der Waals surface area contributed by atoms with Gasteiger partial charge in [-0.1, -0.05) is 30.3 Å². The monoisotopic (exact) mass is 370 g/mol. The first kappa shape index (κ1) is 19.9. The van der Waals surface area contributed by atoms with E-state index in [1.807, 2.05) is 11.0 Å². The molecule has 4 heteroatoms. The highest BCUT2D eigenvalue weighted by molar-refractivity contribution is 5.77. The molecular formula is C23H34N2O2. The van der Waals surface area contributed by atoms with Crippen LogP contribution in [0.15, 0.2) is 30.3 Å². The number of hydrogen-bond acceptors (Lipinski definition) is 2. The number of carbonyl (C=O) groups excluding carboxylic acids is 2. The summed E-state index contributed by atoms with van der Waals surface area (Å²) in [5.41, 5.74) is 1.35. The van der Waals surface area contributed by atoms with Gasteiger partial charge >= 0.3 is 0 Å². The maximum atomic E-state index is 12.6. The van der Waals surface area contributed by atoms with Crippen molar-refractivity contribution in [1.29, 1.82) is 0 Å². The normalized spacial score (nSPS) is 20.1. The Morgan fingerprint density at radius 2 is 1.56 bits per heavy atom. The molecule has 2 aliphatic heterocycles. The minimum atomic E-state index is 0.304. The summed E-state index contributed by atoms with van der Waals surface area (Å²) in [7, 11) is 0. The van der Waals surface area contributed by atoms with Crippen LogP contribution in [0.25, 0.3) is 0 Å². The van der Waals surface area contributed by atoms with Gasteiger partial charge in [-0.15, -0.1) is 0 Å². The summed E-state index contributed by atoms with van der Waals surface area (Å²) in [5, 5.41) is 0. The number of carbonyl (C=O) groups is 2. The lowest BCUT2D eigenvalue weighted by molar-refractivity contribution is -0.133. The Labute approximate surface area is 163 Å². The zero-order chi connectivity index (χ0) is 18.9. The van der Waals surface area contributed by atoms with Crippen molar-refractivity contribution >= 4 is 11.8 Å². The van der Waals surface area contributed by atoms with E-state index in [0.717, 1.165) is 77.5 Å². The van der Waals surface area contributed by atoms with Gasteiger partial charge in [-0.3, -0.25) is 9.59 Å². The zero-order valence-electron chi connectivity index (χ0n) is 16.6. The molecule has 0 saturated carbocycles. The van der Waals surface area contributed by atoms with E-state index in [0.29, 0.717) is 30.6 Å². The molecule has 1 aromatic carbocycles. The molecule has 148 valence electrons. The second kappa shape index (κ2) is 10.5. The fourth-order valence-corrected chi connectivity index (χ4v) is 4.39. The number of likely N-dealkylation sites (tertiary alicyclic amines) is 2. The van der Waals surface area contributed by atoms with Gasteiger partial charge in [0.1, 0.15) is 0 Å². The third kappa shape index (κ3) is 6.37. The van der Waals surface area contributed by atoms with Gasteiger partial charge in [0, 0.05) is 39.0 Å². The highest BCUT2D eigenvalue weighted by atomic mass is 16.2. The minimum absolute atomic E-state index is 0.304. The molecule has 0 unspecified atom stereocenters. The van der Waals surface area contributed by atoms with Crippen molar-refractivity contribution in [3.8, 4) is 0 Å². The Kier molecular flexibility index (Phi) is 7.73. The van der Waals surface area contributed by atoms with Gasteiger partial charge in [0.2, 0.25) is 11.8 Å². The van der Waals surface area contributed by atoms with Crippen LogP contribution in [0.3, 0.4) is 0 Å². The molecule has 0 bridgehead atoms. The van der Waals surface area contributed by atoms with Crippen LogP contribution in [-0.4, -0.2) is 47.8 Å². The smallest absolute Gasteiger partial charge is 0.222 e. The molecule has 3 rings (SSSR count). The van der Waals surface area contributed by atoms with Crippen LogP contribution in [0.4, 0.5) is 0 Å². The SMILES string of the molecule is O=C(CC[C@@H]1CCCN(C(=O)CCCCc2ccccc2)C1)N1CCCC1. The van der Waals surface area contributed by atoms with E-state index in [9.17, 15) is 9.59 Å². The zero-order valence-corrected chi connectivity index (χ0v) is 16.6. The molecule has 0 aliphatic carbocycles. The molecule has 0 spiro atoms. The Hall–Kier alpha value is -1.84. The molecule has 1 aromatic rings. The summed E-state index contributed by atoms with van der Waals surface area (Å²) in [6, 6.07) is 10.5. The van der Waals surface area contributed by atoms with Gasteiger partial charge in [-0.05, 0) is 62.8 Å². The van der Waals surface area contributed by atoms with E-state index >= 15 is 0 Å². The maximum Gasteiger partial charge on any atom is 0.222 e. The summed E-state index contributed by atoms with van der Waals surface area (Å²) in [5.74, 6) is 1.12. The van der Waals surface area contributed by atoms with Crippen LogP contribution in [0.2, 0.25) is 0 Å². The average Bonchev–Trinajstić information content (AvgIpc) is 3.25. The molecule has 0 N–H and O–H groups in total. The lowest BCUT2D eigenvalue weighted by Gasteiger charge is -2.33. The second-order valence-electron chi connectivity index (χ2n) is 8.17. The molecule has 0 radical (unpaired) electrons. The number of aryl methyl sites for hydroxylation is 1. The number of nitrogens with zero attached hydrogens (tertiary/aromatic N) is 2. The van der Waals surface area contributed by atoms with E-state index < -0.39 is 0 Å². The predicted octanol–water partition coefficient (Wildman–Crippen LogP) is 4.04. The first-order valence-corrected chi connectivity index (χ1v) is 10.8. The van der Waals surface area contributed by atoms with Crippen LogP contribution < -0.4 is 0 Å². The summed E-state index contributed by atoms with van der Waals surface area (Å²) >= 11 is 0. The molecule has 2 amide bonds. The molecule has 0 aromatic heterocycles. The summed E-state index contributed by atoms with van der Waals surface area (Å²) in [6.07, 6.45) is 9.88. The topological polar surface area (TPSA) is 40.6 Å². The van der Waals surface area contributed by atoms with Crippen molar-refractivity contribution in [2.24, 2.45) is 5.92 Å². The number of benzene rings is 1. The lowest BCUT2D eigenvalue weighted by Crippen LogP contribution is -2.40. The third-order valence-corrected chi connectivity index (χ3v) is 6.05. The van der Waals surface area contributed by atoms with Gasteiger partial charge in [-0.2, -0.15) is 0 Å². The van der Waals surface area contributed by atoms with Crippen LogP contribution in [0.1, 0.15) is 63.4 Å². The second-order valence-corrected chi connectivity index (χ2v) is 8.17. The summed E-state index contributed by atoms with van der Waals surface area (Å²) in [6.45, 7) is 3.63. The lowest BCUT2D eigenvalue weighted by atomic mass is 9.92. The van der Waals surface area contributed by atoms with Crippen molar-refractivity contribution in [2.45, 2.75) is 64.2 Å². The van der Waals surface area contributed by atoms with E-state index in [4.69, 9.17) is 0 Å². The van der Waals surface area contributed by atoms with Gasteiger partial charge in [0.05, 0.1) is 0 Å². The fourth-order valence-electron chi connectivity index (χ4n) is 4.39. The Bertz CT molecular complexity index is 596. The molecule has 4 nitrogen and oxygen atoms in total. The van der Waals surface area contributed by atoms with Crippen LogP contribution in [0, 0.1) is 5.92 Å². The Morgan fingerprint density at radius 1 is 0.852 bits per heavy atom. The van der Waals surface area contributed by atoms with Crippen LogP contribution in [-0.2, 0) is 16.0 Å². The van der Waals surface area contributed by atoms with E-state index in [1.54, 1.807) is 0 Å². The molecule has 27 heavy (non-hydrogen) atoms. The quantitative estimate of drug-likeness (QED) is 0.648. The van der Waals surface area contributed by atoms with E-state index in [2.05, 4.69) is 29.2 Å². The fraction of sp³-hybridized carbons (Fsp3) is 0.652. The van der Waals surface area contributed by atoms with Crippen molar-refractivity contribution in [3.05, 3.63) is 35.9 Å². The molecule has 2 aliphatic rings. The number of rotatable bonds is 8. The number of unbranched alkanes of at least 4 members (excludes halogenated alkanes) is 1. The van der Waals surface area contributed by atoms with Crippen LogP contribution in [0.5, 0.6) is 0 Å². The van der Waals surface area contributed by atoms with E-state index in [-0.39, 0.29) is 0 Å². The summed E-state index contributed by atoms with van der Waals surface area (Å²) in [4.78, 5) is 28.9. The summed E-state index contributed by atoms with van der Waals surface area (Å²) < 4.78 is 0. The number of amides is 2. The highest BCUT2D eigenvalue weighted by Gasteiger charge is 2.25. The largest absolute Gasteiger partial charge is 0.343 e. The van der Waals surface area contributed by atoms with Crippen molar-refractivity contribution in [1.82, 2.24) is 9.80 Å². The first-order valence-electron chi connectivity index (χ1n) is 10.8. The van der Waals surface area contributed by atoms with Gasteiger partial charge < -0.3 is 9.80 Å². The molecule has 1 atom stereocenters. The standard InChI is InChI=1S/C23H34N2O2/c26-22(13-5-4-11-20-9-2-1-3-10-20)25-18-8-12-21(19-25)14-15-23(27)24-16-6-7-17-24/h1-3,9-10,21H,4-8,11-19H2/t21-/m0/s1. The molecular weight excluding hydrogens is 336 g/mol. The molecule has 2 fully saturated rings. The number of piperidine rings is 1. The first-order chi connectivity index (χ1) is 13.2. The Morgan fingerprint density at radius 3 is 2.33 bits per heavy atom. The number of hydrogen-bond donors (Lipinski definition) is 0. The Balaban J connectivity index is 1.33. The van der Waals surface area contributed by atoms with Crippen molar-refractivity contribution in [2.75, 3.05) is 26.2 Å². The van der Waals surface area contributed by atoms with Gasteiger partial charge in [0.25, 0.3) is 0 Å². The van der Waals surface area contributed by atoms with Gasteiger partial charge in [-0.25, -0.2) is 0 Å². The van der Waals surface area contributed by atoms with Crippen LogP contribution >= 0.6 is 0 Å². The molecule has 2 saturated heterocycles. The molecule has 2 heterocycles. The third-order valence-electron chi connectivity index (χ3n) is 6.05. The highest BCUT2D eigenvalue weighted by Crippen LogP contribution is 2.23. The van der Waals surface area contributed by atoms with Crippen molar-refractivity contribution < 1.29 is 9.59 Å². The predicted molar refractivity (Wildman–Crippen MR) is 108 cm³/mol. The van der Waals surface area contributed by atoms with E-state index in [1.165, 1.54) is 5.56 Å². The maximum absolute atomic E-state index is 12.6.